The molecule has 0 spiro atoms. The molecule has 1 aromatic carbocycles. The SMILES string of the molecule is COc1ccccc1N(CC1COCCN1)C(=O)Cc1noc(CN2C(=O)C(=O)N(CC3CC3)C2=O)n1. The van der Waals surface area contributed by atoms with Crippen LogP contribution in [0.25, 0.3) is 0 Å². The van der Waals surface area contributed by atoms with Crippen molar-refractivity contribution in [3.8, 4) is 5.75 Å². The van der Waals surface area contributed by atoms with Crippen LogP contribution in [0.4, 0.5) is 10.5 Å². The highest BCUT2D eigenvalue weighted by Gasteiger charge is 2.46. The van der Waals surface area contributed by atoms with Crippen molar-refractivity contribution in [1.82, 2.24) is 25.3 Å². The number of carbonyl (C=O) groups is 4. The second-order valence-electron chi connectivity index (χ2n) is 9.22. The van der Waals surface area contributed by atoms with Gasteiger partial charge in [-0.1, -0.05) is 17.3 Å². The minimum atomic E-state index is -0.925. The van der Waals surface area contributed by atoms with Gasteiger partial charge in [0.1, 0.15) is 12.3 Å². The molecule has 5 amide bonds. The number of carbonyl (C=O) groups excluding carboxylic acids is 4. The summed E-state index contributed by atoms with van der Waals surface area (Å²) in [6.07, 6.45) is 1.67. The minimum absolute atomic E-state index is 0.0447. The normalized spacial score (nSPS) is 20.0. The maximum Gasteiger partial charge on any atom is 0.334 e. The van der Waals surface area contributed by atoms with Crippen LogP contribution in [0.1, 0.15) is 24.6 Å². The maximum atomic E-state index is 13.4. The van der Waals surface area contributed by atoms with Gasteiger partial charge in [-0.2, -0.15) is 4.98 Å². The van der Waals surface area contributed by atoms with Gasteiger partial charge in [-0.15, -0.1) is 0 Å². The van der Waals surface area contributed by atoms with E-state index in [0.29, 0.717) is 37.7 Å². The van der Waals surface area contributed by atoms with E-state index in [1.165, 1.54) is 7.11 Å². The van der Waals surface area contributed by atoms with Gasteiger partial charge in [-0.25, -0.2) is 9.69 Å². The number of benzene rings is 1. The average molecular weight is 513 g/mol. The van der Waals surface area contributed by atoms with Crippen LogP contribution in [0.3, 0.4) is 0 Å². The largest absolute Gasteiger partial charge is 0.495 e. The van der Waals surface area contributed by atoms with E-state index in [0.717, 1.165) is 22.6 Å². The summed E-state index contributed by atoms with van der Waals surface area (Å²) in [7, 11) is 1.53. The fraction of sp³-hybridized carbons (Fsp3) is 0.500. The summed E-state index contributed by atoms with van der Waals surface area (Å²) < 4.78 is 16.2. The number of aromatic nitrogens is 2. The molecule has 13 heteroatoms. The third kappa shape index (κ3) is 5.47. The maximum absolute atomic E-state index is 13.4. The number of amides is 5. The second kappa shape index (κ2) is 10.6. The molecule has 3 fully saturated rings. The zero-order valence-electron chi connectivity index (χ0n) is 20.4. The summed E-state index contributed by atoms with van der Waals surface area (Å²) in [6, 6.07) is 6.42. The van der Waals surface area contributed by atoms with Gasteiger partial charge in [-0.3, -0.25) is 19.3 Å². The van der Waals surface area contributed by atoms with Crippen LogP contribution >= 0.6 is 0 Å². The summed E-state index contributed by atoms with van der Waals surface area (Å²) >= 11 is 0. The Labute approximate surface area is 212 Å². The Hall–Kier alpha value is -3.84. The summed E-state index contributed by atoms with van der Waals surface area (Å²) in [6.45, 7) is 1.98. The molecule has 13 nitrogen and oxygen atoms in total. The van der Waals surface area contributed by atoms with Crippen molar-refractivity contribution in [1.29, 1.82) is 0 Å². The molecule has 1 atom stereocenters. The van der Waals surface area contributed by atoms with E-state index in [2.05, 4.69) is 15.5 Å². The van der Waals surface area contributed by atoms with Crippen molar-refractivity contribution in [2.75, 3.05) is 44.9 Å². The number of urea groups is 1. The third-order valence-corrected chi connectivity index (χ3v) is 6.46. The standard InChI is InChI=1S/C24H28N6O7/c1-35-18-5-3-2-4-17(18)28(12-16-14-36-9-8-25-16)21(31)10-19-26-20(37-27-19)13-30-23(33)22(32)29(24(30)34)11-15-6-7-15/h2-5,15-16,25H,6-14H2,1H3. The van der Waals surface area contributed by atoms with E-state index < -0.39 is 17.8 Å². The van der Waals surface area contributed by atoms with Crippen molar-refractivity contribution >= 4 is 29.4 Å². The van der Waals surface area contributed by atoms with Gasteiger partial charge in [-0.05, 0) is 30.9 Å². The zero-order valence-corrected chi connectivity index (χ0v) is 20.4. The molecule has 2 saturated heterocycles. The lowest BCUT2D eigenvalue weighted by Crippen LogP contribution is -2.50. The molecule has 2 aromatic rings. The number of hydrogen-bond acceptors (Lipinski definition) is 10. The second-order valence-corrected chi connectivity index (χ2v) is 9.22. The molecule has 3 aliphatic rings. The number of hydrogen-bond donors (Lipinski definition) is 1. The predicted molar refractivity (Wildman–Crippen MR) is 126 cm³/mol. The van der Waals surface area contributed by atoms with Gasteiger partial charge in [0.2, 0.25) is 11.8 Å². The molecule has 37 heavy (non-hydrogen) atoms. The van der Waals surface area contributed by atoms with Gasteiger partial charge < -0.3 is 24.2 Å². The summed E-state index contributed by atoms with van der Waals surface area (Å²) in [5, 5.41) is 7.20. The molecule has 2 aliphatic heterocycles. The fourth-order valence-corrected chi connectivity index (χ4v) is 4.35. The highest BCUT2D eigenvalue weighted by molar-refractivity contribution is 6.44. The molecular formula is C24H28N6O7. The lowest BCUT2D eigenvalue weighted by atomic mass is 10.2. The number of ether oxygens (including phenoxy) is 2. The minimum Gasteiger partial charge on any atom is -0.495 e. The Morgan fingerprint density at radius 1 is 1.19 bits per heavy atom. The number of imide groups is 2. The van der Waals surface area contributed by atoms with E-state index in [9.17, 15) is 19.2 Å². The number of morpholine rings is 1. The molecule has 1 N–H and O–H groups in total. The molecule has 196 valence electrons. The lowest BCUT2D eigenvalue weighted by Gasteiger charge is -2.31. The lowest BCUT2D eigenvalue weighted by molar-refractivity contribution is -0.143. The van der Waals surface area contributed by atoms with Gasteiger partial charge in [0, 0.05) is 25.7 Å². The summed E-state index contributed by atoms with van der Waals surface area (Å²) in [4.78, 5) is 58.1. The van der Waals surface area contributed by atoms with Crippen molar-refractivity contribution in [3.05, 3.63) is 36.0 Å². The molecule has 1 aliphatic carbocycles. The molecule has 5 rings (SSSR count). The van der Waals surface area contributed by atoms with Gasteiger partial charge in [0.15, 0.2) is 5.82 Å². The first kappa shape index (κ1) is 24.8. The summed E-state index contributed by atoms with van der Waals surface area (Å²) in [5.74, 6) is -1.24. The van der Waals surface area contributed by atoms with E-state index in [1.807, 2.05) is 12.1 Å². The Morgan fingerprint density at radius 2 is 1.97 bits per heavy atom. The smallest absolute Gasteiger partial charge is 0.334 e. The zero-order chi connectivity index (χ0) is 25.9. The number of para-hydroxylation sites is 2. The molecule has 3 heterocycles. The first-order valence-corrected chi connectivity index (χ1v) is 12.2. The number of anilines is 1. The Morgan fingerprint density at radius 3 is 2.70 bits per heavy atom. The van der Waals surface area contributed by atoms with E-state index in [1.54, 1.807) is 17.0 Å². The van der Waals surface area contributed by atoms with Crippen molar-refractivity contribution in [2.24, 2.45) is 5.92 Å². The monoisotopic (exact) mass is 512 g/mol. The predicted octanol–water partition coefficient (Wildman–Crippen LogP) is 0.343. The molecule has 1 unspecified atom stereocenters. The average Bonchev–Trinajstić information content (AvgIpc) is 3.60. The van der Waals surface area contributed by atoms with Crippen molar-refractivity contribution in [2.45, 2.75) is 31.8 Å². The highest BCUT2D eigenvalue weighted by atomic mass is 16.5. The van der Waals surface area contributed by atoms with Crippen molar-refractivity contribution < 1.29 is 33.2 Å². The molecule has 1 aromatic heterocycles. The first-order chi connectivity index (χ1) is 17.9. The number of rotatable bonds is 10. The highest BCUT2D eigenvalue weighted by Crippen LogP contribution is 2.31. The number of nitrogens with one attached hydrogen (secondary N) is 1. The first-order valence-electron chi connectivity index (χ1n) is 12.2. The van der Waals surface area contributed by atoms with Crippen LogP contribution in [0, 0.1) is 5.92 Å². The Kier molecular flexibility index (Phi) is 7.15. The van der Waals surface area contributed by atoms with Gasteiger partial charge >= 0.3 is 17.8 Å². The Bertz CT molecular complexity index is 1190. The van der Waals surface area contributed by atoms with Crippen LogP contribution in [0.2, 0.25) is 0 Å². The third-order valence-electron chi connectivity index (χ3n) is 6.46. The van der Waals surface area contributed by atoms with Crippen LogP contribution in [-0.4, -0.2) is 89.7 Å². The quantitative estimate of drug-likeness (QED) is 0.349. The molecule has 0 radical (unpaired) electrons. The van der Waals surface area contributed by atoms with Crippen molar-refractivity contribution in [3.63, 3.8) is 0 Å². The number of nitrogens with zero attached hydrogens (tertiary/aromatic N) is 5. The molecular weight excluding hydrogens is 484 g/mol. The van der Waals surface area contributed by atoms with E-state index in [-0.39, 0.29) is 49.1 Å². The van der Waals surface area contributed by atoms with Crippen LogP contribution in [0.5, 0.6) is 5.75 Å². The van der Waals surface area contributed by atoms with Crippen LogP contribution in [-0.2, 0) is 32.1 Å². The van der Waals surface area contributed by atoms with E-state index in [4.69, 9.17) is 14.0 Å². The Balaban J connectivity index is 1.28. The molecule has 1 saturated carbocycles. The fourth-order valence-electron chi connectivity index (χ4n) is 4.35. The molecule has 0 bridgehead atoms. The topological polar surface area (TPSA) is 147 Å². The number of methoxy groups -OCH3 is 1. The van der Waals surface area contributed by atoms with Gasteiger partial charge in [0.25, 0.3) is 0 Å². The van der Waals surface area contributed by atoms with Crippen LogP contribution < -0.4 is 15.0 Å². The summed E-state index contributed by atoms with van der Waals surface area (Å²) in [5.41, 5.74) is 0.591. The van der Waals surface area contributed by atoms with E-state index >= 15 is 0 Å². The van der Waals surface area contributed by atoms with Gasteiger partial charge in [0.05, 0.1) is 32.4 Å². The van der Waals surface area contributed by atoms with Crippen LogP contribution in [0.15, 0.2) is 28.8 Å².